The highest BCUT2D eigenvalue weighted by atomic mass is 16.5. The van der Waals surface area contributed by atoms with Crippen LogP contribution in [-0.4, -0.2) is 20.6 Å². The molecule has 0 aliphatic heterocycles. The second-order valence-electron chi connectivity index (χ2n) is 2.89. The van der Waals surface area contributed by atoms with Crippen molar-refractivity contribution in [3.8, 4) is 5.75 Å². The van der Waals surface area contributed by atoms with Gasteiger partial charge in [0.1, 0.15) is 5.75 Å². The van der Waals surface area contributed by atoms with Crippen molar-refractivity contribution in [2.75, 3.05) is 19.1 Å². The van der Waals surface area contributed by atoms with Crippen LogP contribution in [0, 0.1) is 6.92 Å². The van der Waals surface area contributed by atoms with Gasteiger partial charge < -0.3 is 9.64 Å². The minimum Gasteiger partial charge on any atom is -0.495 e. The summed E-state index contributed by atoms with van der Waals surface area (Å²) >= 11 is 0. The lowest BCUT2D eigenvalue weighted by molar-refractivity contribution is -0.107. The van der Waals surface area contributed by atoms with Crippen molar-refractivity contribution in [3.05, 3.63) is 23.8 Å². The Bertz CT molecular complexity index is 310. The number of rotatable bonds is 3. The molecule has 0 radical (unpaired) electrons. The summed E-state index contributed by atoms with van der Waals surface area (Å²) in [7, 11) is 3.29. The standard InChI is InChI=1S/C10H13NO2/c1-8-4-5-10(13-3)9(6-8)11(2)7-12/h4-7H,1-3H3. The SMILES string of the molecule is COc1ccc(C)cc1N(C)C=O. The summed E-state index contributed by atoms with van der Waals surface area (Å²) < 4.78 is 5.12. The molecule has 0 unspecified atom stereocenters. The lowest BCUT2D eigenvalue weighted by Crippen LogP contribution is -2.14. The van der Waals surface area contributed by atoms with Crippen molar-refractivity contribution in [2.24, 2.45) is 0 Å². The quantitative estimate of drug-likeness (QED) is 0.659. The topological polar surface area (TPSA) is 29.5 Å². The number of carbonyl (C=O) groups is 1. The second-order valence-corrected chi connectivity index (χ2v) is 2.89. The van der Waals surface area contributed by atoms with E-state index in [0.717, 1.165) is 17.7 Å². The molecule has 0 bridgehead atoms. The number of anilines is 1. The molecule has 0 heterocycles. The van der Waals surface area contributed by atoms with Crippen LogP contribution >= 0.6 is 0 Å². The minimum atomic E-state index is 0.709. The molecule has 0 fully saturated rings. The molecule has 0 saturated carbocycles. The fourth-order valence-electron chi connectivity index (χ4n) is 1.13. The summed E-state index contributed by atoms with van der Waals surface area (Å²) in [6.07, 6.45) is 0.761. The van der Waals surface area contributed by atoms with Gasteiger partial charge >= 0.3 is 0 Å². The van der Waals surface area contributed by atoms with Crippen LogP contribution in [0.25, 0.3) is 0 Å². The zero-order chi connectivity index (χ0) is 9.84. The van der Waals surface area contributed by atoms with Crippen molar-refractivity contribution in [3.63, 3.8) is 0 Å². The van der Waals surface area contributed by atoms with Crippen LogP contribution in [-0.2, 0) is 4.79 Å². The number of ether oxygens (including phenoxy) is 1. The highest BCUT2D eigenvalue weighted by Crippen LogP contribution is 2.27. The fraction of sp³-hybridized carbons (Fsp3) is 0.300. The van der Waals surface area contributed by atoms with Crippen molar-refractivity contribution in [1.29, 1.82) is 0 Å². The third-order valence-electron chi connectivity index (χ3n) is 1.87. The van der Waals surface area contributed by atoms with Crippen molar-refractivity contribution >= 4 is 12.1 Å². The Morgan fingerprint density at radius 3 is 2.69 bits per heavy atom. The molecule has 1 rings (SSSR count). The van der Waals surface area contributed by atoms with Crippen LogP contribution in [0.5, 0.6) is 5.75 Å². The monoisotopic (exact) mass is 179 g/mol. The zero-order valence-electron chi connectivity index (χ0n) is 8.07. The van der Waals surface area contributed by atoms with Crippen LogP contribution in [0.3, 0.4) is 0 Å². The number of aryl methyl sites for hydroxylation is 1. The Labute approximate surface area is 77.9 Å². The minimum absolute atomic E-state index is 0.709. The van der Waals surface area contributed by atoms with E-state index in [9.17, 15) is 4.79 Å². The molecule has 0 aliphatic rings. The number of nitrogens with zero attached hydrogens (tertiary/aromatic N) is 1. The molecule has 1 aromatic carbocycles. The van der Waals surface area contributed by atoms with Crippen molar-refractivity contribution < 1.29 is 9.53 Å². The molecule has 1 amide bonds. The zero-order valence-corrected chi connectivity index (χ0v) is 8.07. The first kappa shape index (κ1) is 9.58. The van der Waals surface area contributed by atoms with Gasteiger partial charge in [-0.3, -0.25) is 4.79 Å². The lowest BCUT2D eigenvalue weighted by atomic mass is 10.2. The molecule has 13 heavy (non-hydrogen) atoms. The van der Waals surface area contributed by atoms with Gasteiger partial charge in [-0.1, -0.05) is 6.07 Å². The normalized spacial score (nSPS) is 9.46. The van der Waals surface area contributed by atoms with Gasteiger partial charge in [-0.05, 0) is 24.6 Å². The molecule has 0 aliphatic carbocycles. The number of hydrogen-bond acceptors (Lipinski definition) is 2. The molecule has 3 heteroatoms. The Balaban J connectivity index is 3.14. The van der Waals surface area contributed by atoms with Crippen LogP contribution < -0.4 is 9.64 Å². The van der Waals surface area contributed by atoms with E-state index in [1.54, 1.807) is 14.2 Å². The van der Waals surface area contributed by atoms with E-state index in [1.165, 1.54) is 4.90 Å². The van der Waals surface area contributed by atoms with Crippen LogP contribution in [0.2, 0.25) is 0 Å². The van der Waals surface area contributed by atoms with E-state index in [1.807, 2.05) is 25.1 Å². The maximum absolute atomic E-state index is 10.6. The van der Waals surface area contributed by atoms with Gasteiger partial charge in [0.2, 0.25) is 6.41 Å². The molecule has 3 nitrogen and oxygen atoms in total. The summed E-state index contributed by atoms with van der Waals surface area (Å²) in [4.78, 5) is 12.0. The summed E-state index contributed by atoms with van der Waals surface area (Å²) in [5.74, 6) is 0.709. The number of hydrogen-bond donors (Lipinski definition) is 0. The molecule has 70 valence electrons. The Hall–Kier alpha value is -1.51. The number of carbonyl (C=O) groups excluding carboxylic acids is 1. The molecular weight excluding hydrogens is 166 g/mol. The molecule has 0 spiro atoms. The Morgan fingerprint density at radius 1 is 1.46 bits per heavy atom. The predicted molar refractivity (Wildman–Crippen MR) is 52.2 cm³/mol. The van der Waals surface area contributed by atoms with Crippen LogP contribution in [0.15, 0.2) is 18.2 Å². The molecule has 1 aromatic rings. The molecular formula is C10H13NO2. The van der Waals surface area contributed by atoms with Crippen LogP contribution in [0.1, 0.15) is 5.56 Å². The smallest absolute Gasteiger partial charge is 0.213 e. The highest BCUT2D eigenvalue weighted by molar-refractivity contribution is 5.78. The second kappa shape index (κ2) is 3.94. The third-order valence-corrected chi connectivity index (χ3v) is 1.87. The predicted octanol–water partition coefficient (Wildman–Crippen LogP) is 1.60. The maximum Gasteiger partial charge on any atom is 0.213 e. The summed E-state index contributed by atoms with van der Waals surface area (Å²) in [5.41, 5.74) is 1.89. The molecule has 0 saturated heterocycles. The van der Waals surface area contributed by atoms with E-state index in [4.69, 9.17) is 4.74 Å². The summed E-state index contributed by atoms with van der Waals surface area (Å²) in [5, 5.41) is 0. The summed E-state index contributed by atoms with van der Waals surface area (Å²) in [6, 6.07) is 5.71. The Morgan fingerprint density at radius 2 is 2.15 bits per heavy atom. The number of benzene rings is 1. The average molecular weight is 179 g/mol. The maximum atomic E-state index is 10.6. The van der Waals surface area contributed by atoms with Crippen molar-refractivity contribution in [2.45, 2.75) is 6.92 Å². The summed E-state index contributed by atoms with van der Waals surface area (Å²) in [6.45, 7) is 1.97. The molecule has 0 atom stereocenters. The lowest BCUT2D eigenvalue weighted by Gasteiger charge is -2.15. The van der Waals surface area contributed by atoms with Crippen molar-refractivity contribution in [1.82, 2.24) is 0 Å². The number of methoxy groups -OCH3 is 1. The van der Waals surface area contributed by atoms with E-state index >= 15 is 0 Å². The van der Waals surface area contributed by atoms with Gasteiger partial charge in [-0.25, -0.2) is 0 Å². The van der Waals surface area contributed by atoms with Gasteiger partial charge in [0, 0.05) is 7.05 Å². The highest BCUT2D eigenvalue weighted by Gasteiger charge is 2.06. The van der Waals surface area contributed by atoms with E-state index in [2.05, 4.69) is 0 Å². The van der Waals surface area contributed by atoms with Gasteiger partial charge in [0.15, 0.2) is 0 Å². The van der Waals surface area contributed by atoms with Crippen LogP contribution in [0.4, 0.5) is 5.69 Å². The van der Waals surface area contributed by atoms with E-state index in [-0.39, 0.29) is 0 Å². The molecule has 0 N–H and O–H groups in total. The van der Waals surface area contributed by atoms with Gasteiger partial charge in [-0.2, -0.15) is 0 Å². The third kappa shape index (κ3) is 1.99. The Kier molecular flexibility index (Phi) is 2.90. The first-order valence-corrected chi connectivity index (χ1v) is 4.02. The van der Waals surface area contributed by atoms with E-state index < -0.39 is 0 Å². The van der Waals surface area contributed by atoms with Gasteiger partial charge in [-0.15, -0.1) is 0 Å². The van der Waals surface area contributed by atoms with E-state index in [0.29, 0.717) is 5.75 Å². The molecule has 0 aromatic heterocycles. The van der Waals surface area contributed by atoms with Gasteiger partial charge in [0.25, 0.3) is 0 Å². The first-order valence-electron chi connectivity index (χ1n) is 4.02. The first-order chi connectivity index (χ1) is 6.19. The van der Waals surface area contributed by atoms with Gasteiger partial charge in [0.05, 0.1) is 12.8 Å². The fourth-order valence-corrected chi connectivity index (χ4v) is 1.13. The average Bonchev–Trinajstić information content (AvgIpc) is 2.16. The largest absolute Gasteiger partial charge is 0.495 e. The number of amides is 1.